The minimum atomic E-state index is -0.335. The number of carbonyl (C=O) groups is 1. The number of amides is 1. The number of nitrogens with two attached hydrogens (primary N) is 1. The second-order valence-electron chi connectivity index (χ2n) is 5.50. The quantitative estimate of drug-likeness (QED) is 0.926. The first-order chi connectivity index (χ1) is 10.6. The molecule has 1 saturated heterocycles. The predicted octanol–water partition coefficient (Wildman–Crippen LogP) is 1.54. The molecule has 0 bridgehead atoms. The van der Waals surface area contributed by atoms with Gasteiger partial charge in [0.25, 0.3) is 0 Å². The van der Waals surface area contributed by atoms with Crippen molar-refractivity contribution in [3.63, 3.8) is 0 Å². The molecule has 2 N–H and O–H groups in total. The van der Waals surface area contributed by atoms with Crippen LogP contribution in [-0.4, -0.2) is 40.6 Å². The summed E-state index contributed by atoms with van der Waals surface area (Å²) in [4.78, 5) is 17.4. The molecule has 1 atom stereocenters. The first kappa shape index (κ1) is 14.6. The highest BCUT2D eigenvalue weighted by Crippen LogP contribution is 2.27. The van der Waals surface area contributed by atoms with Crippen molar-refractivity contribution in [1.82, 2.24) is 15.0 Å². The van der Waals surface area contributed by atoms with Gasteiger partial charge in [-0.05, 0) is 43.7 Å². The minimum Gasteiger partial charge on any atom is -0.369 e. The van der Waals surface area contributed by atoms with Crippen LogP contribution in [0, 0.1) is 5.82 Å². The van der Waals surface area contributed by atoms with Crippen molar-refractivity contribution in [3.05, 3.63) is 36.0 Å². The molecule has 1 aliphatic rings. The van der Waals surface area contributed by atoms with Crippen molar-refractivity contribution in [2.24, 2.45) is 5.73 Å². The summed E-state index contributed by atoms with van der Waals surface area (Å²) in [6.07, 6.45) is 1.88. The van der Waals surface area contributed by atoms with Gasteiger partial charge in [0.1, 0.15) is 5.82 Å². The normalized spacial score (nSPS) is 19.2. The highest BCUT2D eigenvalue weighted by molar-refractivity contribution is 5.75. The van der Waals surface area contributed by atoms with E-state index in [4.69, 9.17) is 10.3 Å². The zero-order valence-corrected chi connectivity index (χ0v) is 12.0. The van der Waals surface area contributed by atoms with E-state index in [2.05, 4.69) is 10.1 Å². The average Bonchev–Trinajstić information content (AvgIpc) is 2.97. The van der Waals surface area contributed by atoms with E-state index in [9.17, 15) is 9.18 Å². The zero-order chi connectivity index (χ0) is 15.5. The Hall–Kier alpha value is -2.28. The van der Waals surface area contributed by atoms with Crippen LogP contribution in [0.25, 0.3) is 11.4 Å². The van der Waals surface area contributed by atoms with Gasteiger partial charge >= 0.3 is 0 Å². The number of primary amides is 1. The molecule has 0 spiro atoms. The largest absolute Gasteiger partial charge is 0.369 e. The lowest BCUT2D eigenvalue weighted by Crippen LogP contribution is -2.40. The second-order valence-corrected chi connectivity index (χ2v) is 5.50. The Balaban J connectivity index is 1.73. The number of rotatable bonds is 4. The van der Waals surface area contributed by atoms with Gasteiger partial charge in [-0.15, -0.1) is 0 Å². The average molecular weight is 304 g/mol. The van der Waals surface area contributed by atoms with Gasteiger partial charge in [0, 0.05) is 12.1 Å². The fourth-order valence-corrected chi connectivity index (χ4v) is 2.74. The summed E-state index contributed by atoms with van der Waals surface area (Å²) >= 11 is 0. The third-order valence-electron chi connectivity index (χ3n) is 3.78. The summed E-state index contributed by atoms with van der Waals surface area (Å²) in [5.74, 6) is 0.449. The van der Waals surface area contributed by atoms with Crippen LogP contribution in [0.1, 0.15) is 24.7 Å². The number of likely N-dealkylation sites (tertiary alicyclic amines) is 1. The smallest absolute Gasteiger partial charge is 0.231 e. The van der Waals surface area contributed by atoms with Crippen LogP contribution < -0.4 is 5.73 Å². The molecule has 0 radical (unpaired) electrons. The topological polar surface area (TPSA) is 85.3 Å². The Morgan fingerprint density at radius 3 is 2.91 bits per heavy atom. The van der Waals surface area contributed by atoms with E-state index in [1.54, 1.807) is 12.1 Å². The molecule has 0 unspecified atom stereocenters. The van der Waals surface area contributed by atoms with E-state index in [0.717, 1.165) is 19.4 Å². The SMILES string of the molecule is NC(=O)CN1CCC[C@H](c2nc(-c3ccc(F)cc3)no2)C1. The van der Waals surface area contributed by atoms with E-state index in [1.807, 2.05) is 4.90 Å². The molecule has 1 fully saturated rings. The lowest BCUT2D eigenvalue weighted by Gasteiger charge is -2.29. The lowest BCUT2D eigenvalue weighted by molar-refractivity contribution is -0.119. The Morgan fingerprint density at radius 1 is 1.41 bits per heavy atom. The van der Waals surface area contributed by atoms with Gasteiger partial charge in [-0.25, -0.2) is 4.39 Å². The number of aromatic nitrogens is 2. The van der Waals surface area contributed by atoms with E-state index < -0.39 is 0 Å². The van der Waals surface area contributed by atoms with Gasteiger partial charge in [-0.2, -0.15) is 4.98 Å². The number of benzene rings is 1. The van der Waals surface area contributed by atoms with Crippen LogP contribution in [-0.2, 0) is 4.79 Å². The number of carbonyl (C=O) groups excluding carboxylic acids is 1. The summed E-state index contributed by atoms with van der Waals surface area (Å²) in [6.45, 7) is 1.77. The number of hydrogen-bond donors (Lipinski definition) is 1. The van der Waals surface area contributed by atoms with Crippen LogP contribution in [0.15, 0.2) is 28.8 Å². The Bertz CT molecular complexity index is 656. The van der Waals surface area contributed by atoms with E-state index in [-0.39, 0.29) is 24.2 Å². The summed E-state index contributed by atoms with van der Waals surface area (Å²) < 4.78 is 18.3. The molecule has 22 heavy (non-hydrogen) atoms. The molecule has 1 amide bonds. The Labute approximate surface area is 127 Å². The number of hydrogen-bond acceptors (Lipinski definition) is 5. The molecular formula is C15H17FN4O2. The van der Waals surface area contributed by atoms with E-state index in [0.29, 0.717) is 23.8 Å². The molecule has 3 rings (SSSR count). The third-order valence-corrected chi connectivity index (χ3v) is 3.78. The Morgan fingerprint density at radius 2 is 2.18 bits per heavy atom. The van der Waals surface area contributed by atoms with Crippen LogP contribution in [0.5, 0.6) is 0 Å². The highest BCUT2D eigenvalue weighted by Gasteiger charge is 2.26. The van der Waals surface area contributed by atoms with Gasteiger partial charge < -0.3 is 10.3 Å². The standard InChI is InChI=1S/C15H17FN4O2/c16-12-5-3-10(4-6-12)14-18-15(22-19-14)11-2-1-7-20(8-11)9-13(17)21/h3-6,11H,1-2,7-9H2,(H2,17,21)/t11-/m0/s1. The summed E-state index contributed by atoms with van der Waals surface area (Å²) in [5, 5.41) is 3.96. The maximum absolute atomic E-state index is 12.9. The molecule has 1 aromatic heterocycles. The van der Waals surface area contributed by atoms with Crippen LogP contribution in [0.4, 0.5) is 4.39 Å². The van der Waals surface area contributed by atoms with Crippen molar-refractivity contribution in [3.8, 4) is 11.4 Å². The number of nitrogens with zero attached hydrogens (tertiary/aromatic N) is 3. The maximum Gasteiger partial charge on any atom is 0.231 e. The van der Waals surface area contributed by atoms with Crippen molar-refractivity contribution in [2.45, 2.75) is 18.8 Å². The third kappa shape index (κ3) is 3.30. The van der Waals surface area contributed by atoms with Gasteiger partial charge in [0.05, 0.1) is 12.5 Å². The maximum atomic E-state index is 12.9. The fourth-order valence-electron chi connectivity index (χ4n) is 2.74. The van der Waals surface area contributed by atoms with Crippen molar-refractivity contribution < 1.29 is 13.7 Å². The molecule has 2 aromatic rings. The summed E-state index contributed by atoms with van der Waals surface area (Å²) in [5.41, 5.74) is 5.95. The van der Waals surface area contributed by atoms with Crippen LogP contribution >= 0.6 is 0 Å². The van der Waals surface area contributed by atoms with Crippen molar-refractivity contribution in [2.75, 3.05) is 19.6 Å². The predicted molar refractivity (Wildman–Crippen MR) is 77.3 cm³/mol. The van der Waals surface area contributed by atoms with Gasteiger partial charge in [0.2, 0.25) is 17.6 Å². The van der Waals surface area contributed by atoms with E-state index >= 15 is 0 Å². The lowest BCUT2D eigenvalue weighted by atomic mass is 9.98. The molecule has 1 aliphatic heterocycles. The van der Waals surface area contributed by atoms with Crippen LogP contribution in [0.3, 0.4) is 0 Å². The summed E-state index contributed by atoms with van der Waals surface area (Å²) in [6, 6.07) is 5.95. The molecule has 0 saturated carbocycles. The monoisotopic (exact) mass is 304 g/mol. The van der Waals surface area contributed by atoms with Crippen molar-refractivity contribution >= 4 is 5.91 Å². The van der Waals surface area contributed by atoms with E-state index in [1.165, 1.54) is 12.1 Å². The molecule has 116 valence electrons. The molecule has 6 nitrogen and oxygen atoms in total. The van der Waals surface area contributed by atoms with Gasteiger partial charge in [-0.3, -0.25) is 9.69 Å². The molecule has 0 aliphatic carbocycles. The molecule has 2 heterocycles. The highest BCUT2D eigenvalue weighted by atomic mass is 19.1. The first-order valence-electron chi connectivity index (χ1n) is 7.22. The van der Waals surface area contributed by atoms with Gasteiger partial charge in [-0.1, -0.05) is 5.16 Å². The van der Waals surface area contributed by atoms with Crippen molar-refractivity contribution in [1.29, 1.82) is 0 Å². The second kappa shape index (κ2) is 6.23. The first-order valence-corrected chi connectivity index (χ1v) is 7.22. The zero-order valence-electron chi connectivity index (χ0n) is 12.0. The Kier molecular flexibility index (Phi) is 4.15. The summed E-state index contributed by atoms with van der Waals surface area (Å²) in [7, 11) is 0. The number of piperidine rings is 1. The minimum absolute atomic E-state index is 0.0924. The van der Waals surface area contributed by atoms with Gasteiger partial charge in [0.15, 0.2) is 0 Å². The van der Waals surface area contributed by atoms with Crippen LogP contribution in [0.2, 0.25) is 0 Å². The number of halogens is 1. The molecular weight excluding hydrogens is 287 g/mol. The molecule has 1 aromatic carbocycles. The molecule has 7 heteroatoms. The fraction of sp³-hybridized carbons (Fsp3) is 0.400.